The molecule has 2 atom stereocenters. The van der Waals surface area contributed by atoms with Crippen molar-refractivity contribution in [1.29, 1.82) is 0 Å². The molecule has 0 spiro atoms. The predicted molar refractivity (Wildman–Crippen MR) is 107 cm³/mol. The van der Waals surface area contributed by atoms with Gasteiger partial charge >= 0.3 is 0 Å². The Morgan fingerprint density at radius 1 is 1.04 bits per heavy atom. The summed E-state index contributed by atoms with van der Waals surface area (Å²) < 4.78 is 1.80. The van der Waals surface area contributed by atoms with Gasteiger partial charge in [0.25, 0.3) is 5.91 Å². The summed E-state index contributed by atoms with van der Waals surface area (Å²) >= 11 is 0. The van der Waals surface area contributed by atoms with Crippen molar-refractivity contribution in [2.75, 3.05) is 19.6 Å². The molecule has 1 amide bonds. The van der Waals surface area contributed by atoms with Crippen molar-refractivity contribution < 1.29 is 4.79 Å². The first kappa shape index (κ1) is 18.2. The molecule has 2 aliphatic rings. The van der Waals surface area contributed by atoms with Crippen molar-refractivity contribution in [1.82, 2.24) is 20.0 Å². The summed E-state index contributed by atoms with van der Waals surface area (Å²) in [5.74, 6) is 0.640. The lowest BCUT2D eigenvalue weighted by atomic mass is 9.83. The minimum atomic E-state index is 0.0533. The van der Waals surface area contributed by atoms with Gasteiger partial charge in [0, 0.05) is 30.5 Å². The highest BCUT2D eigenvalue weighted by molar-refractivity contribution is 5.94. The summed E-state index contributed by atoms with van der Waals surface area (Å²) in [6, 6.07) is 9.90. The number of rotatable bonds is 5. The van der Waals surface area contributed by atoms with E-state index in [4.69, 9.17) is 0 Å². The fraction of sp³-hybridized carbons (Fsp3) is 0.545. The minimum absolute atomic E-state index is 0.0533. The van der Waals surface area contributed by atoms with Crippen molar-refractivity contribution in [3.63, 3.8) is 0 Å². The zero-order valence-corrected chi connectivity index (χ0v) is 16.0. The molecule has 27 heavy (non-hydrogen) atoms. The Balaban J connectivity index is 1.37. The maximum Gasteiger partial charge on any atom is 0.251 e. The maximum atomic E-state index is 12.8. The molecule has 1 aromatic carbocycles. The molecule has 5 heteroatoms. The Labute approximate surface area is 161 Å². The Kier molecular flexibility index (Phi) is 5.87. The van der Waals surface area contributed by atoms with Crippen molar-refractivity contribution in [3.8, 4) is 5.69 Å². The van der Waals surface area contributed by atoms with Gasteiger partial charge in [-0.3, -0.25) is 4.79 Å². The lowest BCUT2D eigenvalue weighted by Gasteiger charge is -2.37. The van der Waals surface area contributed by atoms with Crippen LogP contribution in [0.3, 0.4) is 0 Å². The number of nitrogens with one attached hydrogen (secondary N) is 1. The van der Waals surface area contributed by atoms with Gasteiger partial charge in [-0.15, -0.1) is 0 Å². The van der Waals surface area contributed by atoms with E-state index < -0.39 is 0 Å². The third kappa shape index (κ3) is 4.59. The van der Waals surface area contributed by atoms with Gasteiger partial charge in [0.05, 0.1) is 5.69 Å². The van der Waals surface area contributed by atoms with Crippen LogP contribution in [0.2, 0.25) is 0 Å². The first-order chi connectivity index (χ1) is 13.3. The second-order valence-electron chi connectivity index (χ2n) is 7.98. The van der Waals surface area contributed by atoms with Crippen LogP contribution < -0.4 is 5.32 Å². The highest BCUT2D eigenvalue weighted by Crippen LogP contribution is 2.26. The number of carbonyl (C=O) groups is 1. The Morgan fingerprint density at radius 2 is 1.81 bits per heavy atom. The van der Waals surface area contributed by atoms with Gasteiger partial charge in [-0.1, -0.05) is 19.3 Å². The number of benzene rings is 1. The molecular weight excluding hydrogens is 336 g/mol. The van der Waals surface area contributed by atoms with Gasteiger partial charge < -0.3 is 10.2 Å². The van der Waals surface area contributed by atoms with Crippen LogP contribution >= 0.6 is 0 Å². The van der Waals surface area contributed by atoms with Gasteiger partial charge in [0.15, 0.2) is 0 Å². The summed E-state index contributed by atoms with van der Waals surface area (Å²) in [5, 5.41) is 7.57. The summed E-state index contributed by atoms with van der Waals surface area (Å²) in [6.07, 6.45) is 12.5. The highest BCUT2D eigenvalue weighted by Gasteiger charge is 2.28. The number of piperidine rings is 1. The van der Waals surface area contributed by atoms with E-state index in [1.165, 1.54) is 51.6 Å². The van der Waals surface area contributed by atoms with Crippen molar-refractivity contribution in [2.24, 2.45) is 5.92 Å². The average Bonchev–Trinajstić information content (AvgIpc) is 3.25. The highest BCUT2D eigenvalue weighted by atomic mass is 16.1. The number of likely N-dealkylation sites (tertiary alicyclic amines) is 1. The molecule has 1 aliphatic carbocycles. The quantitative estimate of drug-likeness (QED) is 0.879. The van der Waals surface area contributed by atoms with Crippen LogP contribution in [-0.2, 0) is 0 Å². The lowest BCUT2D eigenvalue weighted by molar-refractivity contribution is 0.0877. The topological polar surface area (TPSA) is 50.2 Å². The van der Waals surface area contributed by atoms with Crippen LogP contribution in [-0.4, -0.2) is 46.3 Å². The predicted octanol–water partition coefficient (Wildman–Crippen LogP) is 3.65. The van der Waals surface area contributed by atoms with E-state index in [2.05, 4.69) is 15.3 Å². The van der Waals surface area contributed by atoms with E-state index >= 15 is 0 Å². The molecule has 4 rings (SSSR count). The zero-order chi connectivity index (χ0) is 18.5. The van der Waals surface area contributed by atoms with E-state index in [1.807, 2.05) is 36.5 Å². The Hall–Kier alpha value is -2.14. The van der Waals surface area contributed by atoms with E-state index in [1.54, 1.807) is 10.9 Å². The number of amides is 1. The molecule has 1 aromatic heterocycles. The molecule has 1 saturated carbocycles. The maximum absolute atomic E-state index is 12.8. The second kappa shape index (κ2) is 8.70. The van der Waals surface area contributed by atoms with E-state index in [0.29, 0.717) is 12.0 Å². The first-order valence-electron chi connectivity index (χ1n) is 10.4. The Morgan fingerprint density at radius 3 is 2.56 bits per heavy atom. The van der Waals surface area contributed by atoms with Gasteiger partial charge in [-0.2, -0.15) is 5.10 Å². The second-order valence-corrected chi connectivity index (χ2v) is 7.98. The molecule has 2 fully saturated rings. The van der Waals surface area contributed by atoms with Gasteiger partial charge in [-0.05, 0) is 75.0 Å². The first-order valence-corrected chi connectivity index (χ1v) is 10.4. The monoisotopic (exact) mass is 366 g/mol. The van der Waals surface area contributed by atoms with E-state index in [9.17, 15) is 4.79 Å². The fourth-order valence-electron chi connectivity index (χ4n) is 4.53. The van der Waals surface area contributed by atoms with Gasteiger partial charge in [0.2, 0.25) is 0 Å². The Bertz CT molecular complexity index is 719. The molecule has 144 valence electrons. The summed E-state index contributed by atoms with van der Waals surface area (Å²) in [5.41, 5.74) is 1.70. The summed E-state index contributed by atoms with van der Waals surface area (Å²) in [7, 11) is 0. The zero-order valence-electron chi connectivity index (χ0n) is 16.0. The van der Waals surface area contributed by atoms with Crippen LogP contribution in [0.25, 0.3) is 5.69 Å². The third-order valence-electron chi connectivity index (χ3n) is 6.07. The number of carbonyl (C=O) groups excluding carboxylic acids is 1. The van der Waals surface area contributed by atoms with E-state index in [-0.39, 0.29) is 5.91 Å². The molecule has 1 aliphatic heterocycles. The van der Waals surface area contributed by atoms with Gasteiger partial charge in [0.1, 0.15) is 0 Å². The summed E-state index contributed by atoms with van der Waals surface area (Å²) in [6.45, 7) is 3.60. The van der Waals surface area contributed by atoms with Crippen molar-refractivity contribution >= 4 is 5.91 Å². The van der Waals surface area contributed by atoms with Crippen LogP contribution in [0.4, 0.5) is 0 Å². The molecule has 5 nitrogen and oxygen atoms in total. The SMILES string of the molecule is O=C(NC1CCCC[C@H]1CN1CCCCC1)c1ccc(-n2cccn2)cc1. The van der Waals surface area contributed by atoms with Crippen molar-refractivity contribution in [2.45, 2.75) is 51.0 Å². The normalized spacial score (nSPS) is 23.9. The molecule has 2 heterocycles. The number of aromatic nitrogens is 2. The largest absolute Gasteiger partial charge is 0.349 e. The molecule has 0 bridgehead atoms. The smallest absolute Gasteiger partial charge is 0.251 e. The number of hydrogen-bond acceptors (Lipinski definition) is 3. The minimum Gasteiger partial charge on any atom is -0.349 e. The molecular formula is C22H30N4O. The number of hydrogen-bond donors (Lipinski definition) is 1. The van der Waals surface area contributed by atoms with Crippen LogP contribution in [0.1, 0.15) is 55.3 Å². The van der Waals surface area contributed by atoms with Crippen LogP contribution in [0.5, 0.6) is 0 Å². The molecule has 1 unspecified atom stereocenters. The summed E-state index contributed by atoms with van der Waals surface area (Å²) in [4.78, 5) is 15.4. The van der Waals surface area contributed by atoms with Crippen molar-refractivity contribution in [3.05, 3.63) is 48.3 Å². The van der Waals surface area contributed by atoms with Crippen LogP contribution in [0.15, 0.2) is 42.7 Å². The standard InChI is InChI=1S/C22H30N4O/c27-22(18-9-11-20(12-10-18)26-16-6-13-23-26)24-21-8-3-2-7-19(21)17-25-14-4-1-5-15-25/h6,9-13,16,19,21H,1-5,7-8,14-15,17H2,(H,24,27)/t19-,21?/m0/s1. The molecule has 2 aromatic rings. The molecule has 1 saturated heterocycles. The lowest BCUT2D eigenvalue weighted by Crippen LogP contribution is -2.47. The third-order valence-corrected chi connectivity index (χ3v) is 6.07. The fourth-order valence-corrected chi connectivity index (χ4v) is 4.53. The van der Waals surface area contributed by atoms with Crippen LogP contribution in [0, 0.1) is 5.92 Å². The van der Waals surface area contributed by atoms with Gasteiger partial charge in [-0.25, -0.2) is 4.68 Å². The average molecular weight is 367 g/mol. The molecule has 0 radical (unpaired) electrons. The van der Waals surface area contributed by atoms with E-state index in [0.717, 1.165) is 24.2 Å². The molecule has 1 N–H and O–H groups in total. The number of nitrogens with zero attached hydrogens (tertiary/aromatic N) is 3.